The molecule has 2 aromatic carbocycles. The van der Waals surface area contributed by atoms with Gasteiger partial charge >= 0.3 is 0 Å². The van der Waals surface area contributed by atoms with E-state index in [1.165, 1.54) is 0 Å². The van der Waals surface area contributed by atoms with E-state index in [1.54, 1.807) is 65.5 Å². The van der Waals surface area contributed by atoms with Gasteiger partial charge in [-0.25, -0.2) is 4.68 Å². The molecule has 2 heterocycles. The molecule has 0 aliphatic carbocycles. The summed E-state index contributed by atoms with van der Waals surface area (Å²) in [5.41, 5.74) is 1.84. The number of aromatic nitrogens is 2. The van der Waals surface area contributed by atoms with Crippen molar-refractivity contribution in [2.75, 3.05) is 18.6 Å². The molecule has 4 rings (SSSR count). The van der Waals surface area contributed by atoms with Crippen LogP contribution < -0.4 is 15.0 Å². The third-order valence-electron chi connectivity index (χ3n) is 4.81. The summed E-state index contributed by atoms with van der Waals surface area (Å²) >= 11 is 6.24. The number of amides is 2. The van der Waals surface area contributed by atoms with E-state index < -0.39 is 0 Å². The number of hydrogen-bond donors (Lipinski definition) is 1. The molecule has 1 atom stereocenters. The molecule has 1 aliphatic heterocycles. The molecule has 148 valence electrons. The lowest BCUT2D eigenvalue weighted by molar-refractivity contribution is -0.117. The fraction of sp³-hybridized carbons (Fsp3) is 0.190. The highest BCUT2D eigenvalue weighted by Crippen LogP contribution is 2.25. The Labute approximate surface area is 172 Å². The van der Waals surface area contributed by atoms with Gasteiger partial charge in [0.25, 0.3) is 5.91 Å². The largest absolute Gasteiger partial charge is 0.497 e. The highest BCUT2D eigenvalue weighted by Gasteiger charge is 2.32. The third kappa shape index (κ3) is 3.95. The lowest BCUT2D eigenvalue weighted by atomic mass is 10.1. The van der Waals surface area contributed by atoms with E-state index in [0.717, 1.165) is 17.1 Å². The number of nitrogens with one attached hydrogen (secondary N) is 1. The van der Waals surface area contributed by atoms with E-state index in [9.17, 15) is 9.59 Å². The van der Waals surface area contributed by atoms with Crippen LogP contribution in [0.5, 0.6) is 5.75 Å². The van der Waals surface area contributed by atoms with E-state index in [0.29, 0.717) is 17.1 Å². The number of anilines is 1. The Morgan fingerprint density at radius 1 is 1.21 bits per heavy atom. The number of ether oxygens (including phenoxy) is 1. The zero-order valence-electron chi connectivity index (χ0n) is 15.7. The van der Waals surface area contributed by atoms with Gasteiger partial charge in [-0.15, -0.1) is 0 Å². The predicted molar refractivity (Wildman–Crippen MR) is 110 cm³/mol. The van der Waals surface area contributed by atoms with Crippen LogP contribution in [0.3, 0.4) is 0 Å². The number of rotatable bonds is 5. The topological polar surface area (TPSA) is 76.5 Å². The minimum absolute atomic E-state index is 0.0446. The summed E-state index contributed by atoms with van der Waals surface area (Å²) in [6.07, 6.45) is 3.67. The van der Waals surface area contributed by atoms with Gasteiger partial charge < -0.3 is 15.0 Å². The Kier molecular flexibility index (Phi) is 5.22. The highest BCUT2D eigenvalue weighted by atomic mass is 35.5. The molecule has 0 saturated carbocycles. The first kappa shape index (κ1) is 19.0. The van der Waals surface area contributed by atoms with Gasteiger partial charge in [0.05, 0.1) is 29.4 Å². The number of hydrogen-bond acceptors (Lipinski definition) is 4. The van der Waals surface area contributed by atoms with Gasteiger partial charge in [-0.2, -0.15) is 5.10 Å². The summed E-state index contributed by atoms with van der Waals surface area (Å²) in [6.45, 7) is 0.396. The normalized spacial score (nSPS) is 16.1. The van der Waals surface area contributed by atoms with E-state index in [4.69, 9.17) is 16.3 Å². The second kappa shape index (κ2) is 7.97. The van der Waals surface area contributed by atoms with Crippen LogP contribution in [0.4, 0.5) is 5.69 Å². The van der Waals surface area contributed by atoms with E-state index >= 15 is 0 Å². The molecule has 3 aromatic rings. The van der Waals surface area contributed by atoms with Crippen LogP contribution in [-0.2, 0) is 4.79 Å². The van der Waals surface area contributed by atoms with Crippen LogP contribution in [0.15, 0.2) is 60.9 Å². The van der Waals surface area contributed by atoms with Crippen LogP contribution in [-0.4, -0.2) is 41.3 Å². The molecule has 2 amide bonds. The van der Waals surface area contributed by atoms with Crippen molar-refractivity contribution in [3.05, 3.63) is 71.5 Å². The zero-order valence-corrected chi connectivity index (χ0v) is 16.5. The summed E-state index contributed by atoms with van der Waals surface area (Å²) in [6, 6.07) is 13.9. The summed E-state index contributed by atoms with van der Waals surface area (Å²) < 4.78 is 6.80. The van der Waals surface area contributed by atoms with Crippen LogP contribution >= 0.6 is 11.6 Å². The van der Waals surface area contributed by atoms with Crippen LogP contribution in [0, 0.1) is 0 Å². The minimum atomic E-state index is -0.321. The summed E-state index contributed by atoms with van der Waals surface area (Å²) in [5.74, 6) is 0.354. The molecule has 1 fully saturated rings. The van der Waals surface area contributed by atoms with Crippen molar-refractivity contribution in [3.63, 3.8) is 0 Å². The maximum atomic E-state index is 12.8. The Bertz CT molecular complexity index is 1030. The Hall–Kier alpha value is -3.32. The van der Waals surface area contributed by atoms with Crippen molar-refractivity contribution in [1.29, 1.82) is 0 Å². The second-order valence-corrected chi connectivity index (χ2v) is 7.10. The molecular weight excluding hydrogens is 392 g/mol. The van der Waals surface area contributed by atoms with Crippen LogP contribution in [0.1, 0.15) is 16.8 Å². The quantitative estimate of drug-likeness (QED) is 0.701. The van der Waals surface area contributed by atoms with Crippen molar-refractivity contribution in [3.8, 4) is 11.4 Å². The zero-order chi connectivity index (χ0) is 20.4. The number of carbonyl (C=O) groups is 2. The molecule has 8 heteroatoms. The minimum Gasteiger partial charge on any atom is -0.497 e. The lowest BCUT2D eigenvalue weighted by Gasteiger charge is -2.18. The van der Waals surface area contributed by atoms with Gasteiger partial charge in [0.2, 0.25) is 5.91 Å². The number of nitrogens with zero attached hydrogens (tertiary/aromatic N) is 3. The fourth-order valence-electron chi connectivity index (χ4n) is 3.33. The molecule has 29 heavy (non-hydrogen) atoms. The number of benzene rings is 2. The molecule has 1 N–H and O–H groups in total. The van der Waals surface area contributed by atoms with Gasteiger partial charge in [0, 0.05) is 31.0 Å². The first-order valence-corrected chi connectivity index (χ1v) is 9.48. The molecule has 0 bridgehead atoms. The van der Waals surface area contributed by atoms with E-state index in [1.807, 2.05) is 12.1 Å². The summed E-state index contributed by atoms with van der Waals surface area (Å²) in [7, 11) is 1.59. The lowest BCUT2D eigenvalue weighted by Crippen LogP contribution is -2.37. The smallest absolute Gasteiger partial charge is 0.253 e. The highest BCUT2D eigenvalue weighted by molar-refractivity contribution is 6.34. The number of halogens is 1. The summed E-state index contributed by atoms with van der Waals surface area (Å²) in [5, 5.41) is 7.43. The Balaban J connectivity index is 1.47. The average molecular weight is 411 g/mol. The maximum absolute atomic E-state index is 12.8. The van der Waals surface area contributed by atoms with Gasteiger partial charge in [0.15, 0.2) is 0 Å². The predicted octanol–water partition coefficient (Wildman–Crippen LogP) is 3.07. The molecule has 0 spiro atoms. The molecule has 0 unspecified atom stereocenters. The Morgan fingerprint density at radius 3 is 2.66 bits per heavy atom. The van der Waals surface area contributed by atoms with Crippen LogP contribution in [0.25, 0.3) is 5.69 Å². The fourth-order valence-corrected chi connectivity index (χ4v) is 3.53. The van der Waals surface area contributed by atoms with Gasteiger partial charge in [-0.05, 0) is 48.5 Å². The molecule has 1 aromatic heterocycles. The van der Waals surface area contributed by atoms with Crippen molar-refractivity contribution >= 4 is 29.1 Å². The van der Waals surface area contributed by atoms with Crippen molar-refractivity contribution in [2.24, 2.45) is 0 Å². The molecule has 0 radical (unpaired) electrons. The standard InChI is InChI=1S/C21H19ClN4O3/c1-29-17-6-3-15(4-7-17)25-13-14(11-20(25)27)24-21(28)18-12-16(5-8-19(18)22)26-10-2-9-23-26/h2-10,12,14H,11,13H2,1H3,(H,24,28)/t14-/m0/s1. The number of carbonyl (C=O) groups excluding carboxylic acids is 2. The monoisotopic (exact) mass is 410 g/mol. The van der Waals surface area contributed by atoms with Crippen molar-refractivity contribution in [1.82, 2.24) is 15.1 Å². The molecule has 1 aliphatic rings. The average Bonchev–Trinajstić information content (AvgIpc) is 3.38. The maximum Gasteiger partial charge on any atom is 0.253 e. The third-order valence-corrected chi connectivity index (χ3v) is 5.14. The molecule has 1 saturated heterocycles. The van der Waals surface area contributed by atoms with Crippen molar-refractivity contribution < 1.29 is 14.3 Å². The van der Waals surface area contributed by atoms with Gasteiger partial charge in [-0.3, -0.25) is 9.59 Å². The summed E-state index contributed by atoms with van der Waals surface area (Å²) in [4.78, 5) is 26.9. The molecular formula is C21H19ClN4O3. The van der Waals surface area contributed by atoms with E-state index in [-0.39, 0.29) is 24.3 Å². The SMILES string of the molecule is COc1ccc(N2C[C@@H](NC(=O)c3cc(-n4cccn4)ccc3Cl)CC2=O)cc1. The van der Waals surface area contributed by atoms with Crippen LogP contribution in [0.2, 0.25) is 5.02 Å². The van der Waals surface area contributed by atoms with E-state index in [2.05, 4.69) is 10.4 Å². The molecule has 7 nitrogen and oxygen atoms in total. The second-order valence-electron chi connectivity index (χ2n) is 6.69. The first-order chi connectivity index (χ1) is 14.0. The van der Waals surface area contributed by atoms with Crippen molar-refractivity contribution in [2.45, 2.75) is 12.5 Å². The Morgan fingerprint density at radius 2 is 1.97 bits per heavy atom. The first-order valence-electron chi connectivity index (χ1n) is 9.10. The number of methoxy groups -OCH3 is 1. The van der Waals surface area contributed by atoms with Gasteiger partial charge in [0.1, 0.15) is 5.75 Å². The van der Waals surface area contributed by atoms with Gasteiger partial charge in [-0.1, -0.05) is 11.6 Å².